The molecule has 1 nitrogen and oxygen atoms in total. The van der Waals surface area contributed by atoms with Crippen molar-refractivity contribution in [3.05, 3.63) is 34.9 Å². The smallest absolute Gasteiger partial charge is 0.0906 e. The van der Waals surface area contributed by atoms with Gasteiger partial charge in [-0.2, -0.15) is 0 Å². The minimum atomic E-state index is -0.254. The SMILES string of the molecule is Cc1ccc([C@](C)(N)I)cc1C. The van der Waals surface area contributed by atoms with E-state index in [9.17, 15) is 0 Å². The Kier molecular flexibility index (Phi) is 2.78. The Morgan fingerprint density at radius 2 is 1.83 bits per heavy atom. The van der Waals surface area contributed by atoms with Crippen LogP contribution in [0, 0.1) is 13.8 Å². The van der Waals surface area contributed by atoms with Gasteiger partial charge >= 0.3 is 0 Å². The maximum Gasteiger partial charge on any atom is 0.0906 e. The van der Waals surface area contributed by atoms with Crippen LogP contribution < -0.4 is 5.73 Å². The van der Waals surface area contributed by atoms with E-state index < -0.39 is 0 Å². The van der Waals surface area contributed by atoms with Crippen LogP contribution in [-0.4, -0.2) is 0 Å². The van der Waals surface area contributed by atoms with E-state index in [2.05, 4.69) is 54.6 Å². The Morgan fingerprint density at radius 3 is 2.25 bits per heavy atom. The minimum absolute atomic E-state index is 0.254. The Morgan fingerprint density at radius 1 is 1.25 bits per heavy atom. The maximum absolute atomic E-state index is 5.96. The second-order valence-electron chi connectivity index (χ2n) is 3.37. The Balaban J connectivity index is 3.14. The molecule has 0 heterocycles. The van der Waals surface area contributed by atoms with Crippen LogP contribution in [0.1, 0.15) is 23.6 Å². The molecular formula is C10H14IN. The molecule has 0 aromatic heterocycles. The summed E-state index contributed by atoms with van der Waals surface area (Å²) >= 11 is 2.25. The third-order valence-corrected chi connectivity index (χ3v) is 2.69. The quantitative estimate of drug-likeness (QED) is 0.476. The number of nitrogens with two attached hydrogens (primary N) is 1. The summed E-state index contributed by atoms with van der Waals surface area (Å²) in [5.74, 6) is 0. The average molecular weight is 275 g/mol. The number of hydrogen-bond donors (Lipinski definition) is 1. The maximum atomic E-state index is 5.96. The summed E-state index contributed by atoms with van der Waals surface area (Å²) in [5.41, 5.74) is 9.77. The number of rotatable bonds is 1. The molecule has 0 saturated carbocycles. The first-order valence-corrected chi connectivity index (χ1v) is 5.04. The fourth-order valence-corrected chi connectivity index (χ4v) is 1.38. The summed E-state index contributed by atoms with van der Waals surface area (Å²) in [6.45, 7) is 6.24. The predicted molar refractivity (Wildman–Crippen MR) is 61.5 cm³/mol. The highest BCUT2D eigenvalue weighted by Crippen LogP contribution is 2.26. The molecule has 0 amide bonds. The van der Waals surface area contributed by atoms with Gasteiger partial charge in [-0.1, -0.05) is 40.8 Å². The van der Waals surface area contributed by atoms with Gasteiger partial charge in [-0.25, -0.2) is 0 Å². The van der Waals surface area contributed by atoms with Crippen molar-refractivity contribution < 1.29 is 0 Å². The van der Waals surface area contributed by atoms with Gasteiger partial charge in [0, 0.05) is 0 Å². The summed E-state index contributed by atoms with van der Waals surface area (Å²) in [5, 5.41) is 0. The van der Waals surface area contributed by atoms with Crippen molar-refractivity contribution in [1.82, 2.24) is 0 Å². The molecule has 0 aliphatic carbocycles. The summed E-state index contributed by atoms with van der Waals surface area (Å²) in [6, 6.07) is 6.37. The lowest BCUT2D eigenvalue weighted by molar-refractivity contribution is 0.778. The lowest BCUT2D eigenvalue weighted by Crippen LogP contribution is -2.24. The van der Waals surface area contributed by atoms with Crippen LogP contribution in [0.5, 0.6) is 0 Å². The van der Waals surface area contributed by atoms with Crippen molar-refractivity contribution in [3.8, 4) is 0 Å². The van der Waals surface area contributed by atoms with Gasteiger partial charge in [0.25, 0.3) is 0 Å². The topological polar surface area (TPSA) is 26.0 Å². The van der Waals surface area contributed by atoms with Crippen LogP contribution in [0.4, 0.5) is 0 Å². The molecule has 0 aliphatic rings. The number of hydrogen-bond acceptors (Lipinski definition) is 1. The number of alkyl halides is 1. The summed E-state index contributed by atoms with van der Waals surface area (Å²) < 4.78 is -0.254. The highest BCUT2D eigenvalue weighted by Gasteiger charge is 2.15. The van der Waals surface area contributed by atoms with Gasteiger partial charge in [0.1, 0.15) is 0 Å². The molecular weight excluding hydrogens is 261 g/mol. The van der Waals surface area contributed by atoms with Crippen molar-refractivity contribution >= 4 is 22.6 Å². The van der Waals surface area contributed by atoms with Gasteiger partial charge in [-0.3, -0.25) is 0 Å². The van der Waals surface area contributed by atoms with Gasteiger partial charge in [-0.05, 0) is 37.5 Å². The Labute approximate surface area is 87.5 Å². The van der Waals surface area contributed by atoms with Crippen molar-refractivity contribution in [2.75, 3.05) is 0 Å². The molecule has 1 aromatic rings. The van der Waals surface area contributed by atoms with Crippen molar-refractivity contribution in [2.24, 2.45) is 5.73 Å². The van der Waals surface area contributed by atoms with Gasteiger partial charge in [-0.15, -0.1) is 0 Å². The number of aryl methyl sites for hydroxylation is 2. The van der Waals surface area contributed by atoms with Crippen LogP contribution >= 0.6 is 22.6 Å². The first-order chi connectivity index (χ1) is 5.41. The second kappa shape index (κ2) is 3.34. The zero-order chi connectivity index (χ0) is 9.35. The summed E-state index contributed by atoms with van der Waals surface area (Å²) in [7, 11) is 0. The molecule has 0 unspecified atom stereocenters. The van der Waals surface area contributed by atoms with Crippen LogP contribution in [-0.2, 0) is 3.55 Å². The molecule has 0 aliphatic heterocycles. The van der Waals surface area contributed by atoms with Crippen LogP contribution in [0.3, 0.4) is 0 Å². The molecule has 0 saturated heterocycles. The molecule has 0 radical (unpaired) electrons. The third-order valence-electron chi connectivity index (χ3n) is 2.07. The zero-order valence-electron chi connectivity index (χ0n) is 7.69. The van der Waals surface area contributed by atoms with E-state index in [4.69, 9.17) is 5.73 Å². The predicted octanol–water partition coefficient (Wildman–Crippen LogP) is 2.87. The van der Waals surface area contributed by atoms with E-state index in [0.717, 1.165) is 0 Å². The van der Waals surface area contributed by atoms with E-state index in [1.807, 2.05) is 6.92 Å². The molecule has 2 N–H and O–H groups in total. The fourth-order valence-electron chi connectivity index (χ4n) is 1.05. The van der Waals surface area contributed by atoms with Crippen molar-refractivity contribution in [2.45, 2.75) is 24.3 Å². The van der Waals surface area contributed by atoms with Crippen molar-refractivity contribution in [1.29, 1.82) is 0 Å². The second-order valence-corrected chi connectivity index (χ2v) is 5.62. The zero-order valence-corrected chi connectivity index (χ0v) is 9.84. The van der Waals surface area contributed by atoms with Gasteiger partial charge in [0.15, 0.2) is 0 Å². The third kappa shape index (κ3) is 2.20. The molecule has 0 fully saturated rings. The molecule has 1 atom stereocenters. The molecule has 1 rings (SSSR count). The highest BCUT2D eigenvalue weighted by atomic mass is 127. The molecule has 12 heavy (non-hydrogen) atoms. The molecule has 1 aromatic carbocycles. The molecule has 66 valence electrons. The van der Waals surface area contributed by atoms with Gasteiger partial charge < -0.3 is 5.73 Å². The van der Waals surface area contributed by atoms with Crippen LogP contribution in [0.25, 0.3) is 0 Å². The lowest BCUT2D eigenvalue weighted by Gasteiger charge is -2.18. The Hall–Kier alpha value is -0.0900. The molecule has 0 spiro atoms. The van der Waals surface area contributed by atoms with E-state index >= 15 is 0 Å². The molecule has 2 heteroatoms. The first-order valence-electron chi connectivity index (χ1n) is 3.97. The van der Waals surface area contributed by atoms with E-state index in [-0.39, 0.29) is 3.55 Å². The van der Waals surface area contributed by atoms with Gasteiger partial charge in [0.05, 0.1) is 3.55 Å². The van der Waals surface area contributed by atoms with Crippen LogP contribution in [0.2, 0.25) is 0 Å². The molecule has 0 bridgehead atoms. The standard InChI is InChI=1S/C10H14IN/c1-7-4-5-9(6-8(7)2)10(3,11)12/h4-6H,12H2,1-3H3/t10-/m0/s1. The normalized spacial score (nSPS) is 15.8. The van der Waals surface area contributed by atoms with E-state index in [0.29, 0.717) is 0 Å². The summed E-state index contributed by atoms with van der Waals surface area (Å²) in [4.78, 5) is 0. The fraction of sp³-hybridized carbons (Fsp3) is 0.400. The number of benzene rings is 1. The Bertz CT molecular complexity index is 286. The lowest BCUT2D eigenvalue weighted by atomic mass is 10.0. The monoisotopic (exact) mass is 275 g/mol. The van der Waals surface area contributed by atoms with E-state index in [1.54, 1.807) is 0 Å². The van der Waals surface area contributed by atoms with E-state index in [1.165, 1.54) is 16.7 Å². The largest absolute Gasteiger partial charge is 0.313 e. The van der Waals surface area contributed by atoms with Crippen LogP contribution in [0.15, 0.2) is 18.2 Å². The minimum Gasteiger partial charge on any atom is -0.313 e. The average Bonchev–Trinajstić information content (AvgIpc) is 1.92. The first kappa shape index (κ1) is 9.99. The van der Waals surface area contributed by atoms with Crippen molar-refractivity contribution in [3.63, 3.8) is 0 Å². The van der Waals surface area contributed by atoms with Gasteiger partial charge in [0.2, 0.25) is 0 Å². The summed E-state index contributed by atoms with van der Waals surface area (Å²) in [6.07, 6.45) is 0. The highest BCUT2D eigenvalue weighted by molar-refractivity contribution is 14.1. The number of halogens is 1.